The molecule has 4 heterocycles. The fourth-order valence-corrected chi connectivity index (χ4v) is 4.37. The number of fused-ring (bicyclic) bond motifs is 2. The summed E-state index contributed by atoms with van der Waals surface area (Å²) in [5.41, 5.74) is 5.46. The third-order valence-electron chi connectivity index (χ3n) is 6.02. The Labute approximate surface area is 213 Å². The summed E-state index contributed by atoms with van der Waals surface area (Å²) in [4.78, 5) is 25.7. The van der Waals surface area contributed by atoms with E-state index in [1.165, 1.54) is 0 Å². The Hall–Kier alpha value is -4.85. The first-order valence-corrected chi connectivity index (χ1v) is 12.1. The number of aromatic nitrogens is 4. The molecular weight excluding hydrogens is 466 g/mol. The van der Waals surface area contributed by atoms with Crippen molar-refractivity contribution in [3.63, 3.8) is 0 Å². The van der Waals surface area contributed by atoms with Gasteiger partial charge < -0.3 is 14.2 Å². The lowest BCUT2D eigenvalue weighted by Gasteiger charge is -2.09. The van der Waals surface area contributed by atoms with E-state index >= 15 is 0 Å². The van der Waals surface area contributed by atoms with Gasteiger partial charge in [-0.2, -0.15) is 4.98 Å². The van der Waals surface area contributed by atoms with Gasteiger partial charge >= 0.3 is 5.97 Å². The van der Waals surface area contributed by atoms with Crippen molar-refractivity contribution in [1.82, 2.24) is 19.7 Å². The van der Waals surface area contributed by atoms with Crippen LogP contribution in [0.3, 0.4) is 0 Å². The largest absolute Gasteiger partial charge is 0.477 e. The Morgan fingerprint density at radius 2 is 1.84 bits per heavy atom. The molecule has 1 N–H and O–H groups in total. The number of aliphatic imine (C=N–C) groups is 1. The zero-order valence-electron chi connectivity index (χ0n) is 20.5. The van der Waals surface area contributed by atoms with Crippen molar-refractivity contribution >= 4 is 28.7 Å². The minimum Gasteiger partial charge on any atom is -0.477 e. The van der Waals surface area contributed by atoms with E-state index in [1.807, 2.05) is 68.6 Å². The number of rotatable bonds is 5. The number of hydrogen-bond donors (Lipinski definition) is 1. The summed E-state index contributed by atoms with van der Waals surface area (Å²) in [6, 6.07) is 21.0. The minimum atomic E-state index is -1.04. The van der Waals surface area contributed by atoms with E-state index in [0.717, 1.165) is 33.2 Å². The van der Waals surface area contributed by atoms with E-state index in [-0.39, 0.29) is 12.2 Å². The predicted octanol–water partition coefficient (Wildman–Crippen LogP) is 5.88. The molecule has 6 rings (SSSR count). The lowest BCUT2D eigenvalue weighted by molar-refractivity contribution is 0.0686. The molecule has 37 heavy (non-hydrogen) atoms. The Morgan fingerprint density at radius 1 is 1.05 bits per heavy atom. The van der Waals surface area contributed by atoms with E-state index in [2.05, 4.69) is 26.2 Å². The summed E-state index contributed by atoms with van der Waals surface area (Å²) < 4.78 is 7.10. The summed E-state index contributed by atoms with van der Waals surface area (Å²) in [6.45, 7) is 4.14. The van der Waals surface area contributed by atoms with Crippen LogP contribution in [0.15, 0.2) is 88.6 Å². The zero-order chi connectivity index (χ0) is 25.8. The summed E-state index contributed by atoms with van der Waals surface area (Å²) in [6.07, 6.45) is 5.95. The second-order valence-electron chi connectivity index (χ2n) is 8.20. The Kier molecular flexibility index (Phi) is 6.72. The predicted molar refractivity (Wildman–Crippen MR) is 143 cm³/mol. The molecule has 0 amide bonds. The smallest absolute Gasteiger partial charge is 0.352 e. The normalized spacial score (nSPS) is 12.3. The summed E-state index contributed by atoms with van der Waals surface area (Å²) in [5.74, 6) is -0.275. The number of carbonyl (C=O) groups is 1. The van der Waals surface area contributed by atoms with Gasteiger partial charge in [-0.15, -0.1) is 0 Å². The van der Waals surface area contributed by atoms with Crippen molar-refractivity contribution < 1.29 is 14.4 Å². The molecular formula is C29H25N5O3. The van der Waals surface area contributed by atoms with Crippen LogP contribution in [-0.2, 0) is 13.0 Å². The van der Waals surface area contributed by atoms with Crippen LogP contribution in [-0.4, -0.2) is 37.0 Å². The Balaban J connectivity index is 0.00000137. The van der Waals surface area contributed by atoms with Gasteiger partial charge in [0.15, 0.2) is 5.82 Å². The maximum absolute atomic E-state index is 12.2. The molecule has 0 radical (unpaired) electrons. The minimum absolute atomic E-state index is 0.124. The van der Waals surface area contributed by atoms with Gasteiger partial charge in [-0.1, -0.05) is 61.5 Å². The molecule has 0 fully saturated rings. The number of aromatic carboxylic acids is 1. The second kappa shape index (κ2) is 10.4. The second-order valence-corrected chi connectivity index (χ2v) is 8.20. The van der Waals surface area contributed by atoms with Crippen LogP contribution >= 0.6 is 0 Å². The third kappa shape index (κ3) is 4.69. The SMILES string of the molecule is CC.O=C(O)c1cc2c(C3=CN=Cc4ccccc4C3)nccc2n1Cc1noc(-c2ccccc2)n1. The quantitative estimate of drug-likeness (QED) is 0.329. The van der Waals surface area contributed by atoms with Gasteiger partial charge in [0.05, 0.1) is 17.8 Å². The zero-order valence-corrected chi connectivity index (χ0v) is 20.5. The standard InChI is InChI=1S/C27H19N5O3.C2H6/c33-27(34)23-13-21-22(32(23)16-24-30-26(35-31-24)17-6-2-1-3-7-17)10-11-29-25(21)20-12-18-8-4-5-9-19(18)14-28-15-20;1-2/h1-11,13-15H,12,16H2,(H,33,34);1-2H3. The summed E-state index contributed by atoms with van der Waals surface area (Å²) in [7, 11) is 0. The highest BCUT2D eigenvalue weighted by Crippen LogP contribution is 2.31. The van der Waals surface area contributed by atoms with Gasteiger partial charge in [0.1, 0.15) is 5.69 Å². The van der Waals surface area contributed by atoms with Crippen LogP contribution in [0.4, 0.5) is 0 Å². The van der Waals surface area contributed by atoms with Crippen LogP contribution in [0.25, 0.3) is 27.9 Å². The number of allylic oxidation sites excluding steroid dienone is 1. The number of carboxylic acids is 1. The van der Waals surface area contributed by atoms with Crippen LogP contribution in [0.5, 0.6) is 0 Å². The average Bonchev–Trinajstić information content (AvgIpc) is 3.49. The van der Waals surface area contributed by atoms with Gasteiger partial charge in [-0.3, -0.25) is 9.98 Å². The molecule has 0 unspecified atom stereocenters. The number of carboxylic acid groups (broad SMARTS) is 1. The molecule has 0 atom stereocenters. The molecule has 1 aliphatic heterocycles. The average molecular weight is 492 g/mol. The van der Waals surface area contributed by atoms with E-state index in [1.54, 1.807) is 29.1 Å². The molecule has 8 nitrogen and oxygen atoms in total. The van der Waals surface area contributed by atoms with Gasteiger partial charge in [0.2, 0.25) is 0 Å². The number of pyridine rings is 1. The summed E-state index contributed by atoms with van der Waals surface area (Å²) >= 11 is 0. The Morgan fingerprint density at radius 3 is 2.65 bits per heavy atom. The highest BCUT2D eigenvalue weighted by atomic mass is 16.5. The molecule has 0 aliphatic carbocycles. The first-order chi connectivity index (χ1) is 18.2. The lowest BCUT2D eigenvalue weighted by atomic mass is 9.98. The topological polar surface area (TPSA) is 106 Å². The van der Waals surface area contributed by atoms with Gasteiger partial charge in [-0.05, 0) is 35.4 Å². The van der Waals surface area contributed by atoms with Crippen LogP contribution in [0.2, 0.25) is 0 Å². The van der Waals surface area contributed by atoms with Crippen molar-refractivity contribution in [2.24, 2.45) is 4.99 Å². The van der Waals surface area contributed by atoms with E-state index in [4.69, 9.17) is 4.52 Å². The molecule has 0 saturated heterocycles. The number of benzene rings is 2. The maximum Gasteiger partial charge on any atom is 0.352 e. The fourth-order valence-electron chi connectivity index (χ4n) is 4.37. The molecule has 2 aromatic carbocycles. The van der Waals surface area contributed by atoms with Gasteiger partial charge in [-0.25, -0.2) is 4.79 Å². The van der Waals surface area contributed by atoms with Crippen molar-refractivity contribution in [3.05, 3.63) is 107 Å². The van der Waals surface area contributed by atoms with E-state index in [0.29, 0.717) is 23.8 Å². The maximum atomic E-state index is 12.2. The fraction of sp³-hybridized carbons (Fsp3) is 0.138. The van der Waals surface area contributed by atoms with Crippen LogP contribution < -0.4 is 0 Å². The third-order valence-corrected chi connectivity index (χ3v) is 6.02. The van der Waals surface area contributed by atoms with Crippen molar-refractivity contribution in [1.29, 1.82) is 0 Å². The highest BCUT2D eigenvalue weighted by Gasteiger charge is 2.21. The molecule has 0 spiro atoms. The first-order valence-electron chi connectivity index (χ1n) is 12.1. The van der Waals surface area contributed by atoms with E-state index < -0.39 is 5.97 Å². The summed E-state index contributed by atoms with van der Waals surface area (Å²) in [5, 5.41) is 14.8. The molecule has 1 aliphatic rings. The lowest BCUT2D eigenvalue weighted by Crippen LogP contribution is -2.10. The molecule has 0 bridgehead atoms. The molecule has 184 valence electrons. The molecule has 3 aromatic heterocycles. The van der Waals surface area contributed by atoms with Crippen molar-refractivity contribution in [2.45, 2.75) is 26.8 Å². The number of nitrogens with zero attached hydrogens (tertiary/aromatic N) is 5. The first kappa shape index (κ1) is 23.9. The van der Waals surface area contributed by atoms with Gasteiger partial charge in [0, 0.05) is 41.6 Å². The number of hydrogen-bond acceptors (Lipinski definition) is 6. The monoisotopic (exact) mass is 491 g/mol. The van der Waals surface area contributed by atoms with Gasteiger partial charge in [0.25, 0.3) is 5.89 Å². The van der Waals surface area contributed by atoms with E-state index in [9.17, 15) is 9.90 Å². The molecule has 5 aromatic rings. The molecule has 0 saturated carbocycles. The molecule has 8 heteroatoms. The van der Waals surface area contributed by atoms with Crippen LogP contribution in [0.1, 0.15) is 47.0 Å². The Bertz CT molecular complexity index is 1630. The highest BCUT2D eigenvalue weighted by molar-refractivity contribution is 5.99. The van der Waals surface area contributed by atoms with Crippen LogP contribution in [0, 0.1) is 0 Å². The van der Waals surface area contributed by atoms with Crippen molar-refractivity contribution in [3.8, 4) is 11.5 Å². The van der Waals surface area contributed by atoms with Crippen molar-refractivity contribution in [2.75, 3.05) is 0 Å².